The number of aryl methyl sites for hydroxylation is 1. The molecule has 0 saturated carbocycles. The lowest BCUT2D eigenvalue weighted by molar-refractivity contribution is 0.101. The van der Waals surface area contributed by atoms with Crippen molar-refractivity contribution >= 4 is 22.8 Å². The Labute approximate surface area is 122 Å². The van der Waals surface area contributed by atoms with Gasteiger partial charge in [0.1, 0.15) is 6.07 Å². The summed E-state index contributed by atoms with van der Waals surface area (Å²) in [4.78, 5) is 14.0. The van der Waals surface area contributed by atoms with Crippen molar-refractivity contribution in [2.75, 3.05) is 5.32 Å². The van der Waals surface area contributed by atoms with Crippen LogP contribution in [0.1, 0.15) is 39.5 Å². The quantitative estimate of drug-likeness (QED) is 0.844. The number of thiophene rings is 1. The minimum absolute atomic E-state index is 0.00179. The Balaban J connectivity index is 2.17. The van der Waals surface area contributed by atoms with Gasteiger partial charge in [0, 0.05) is 21.9 Å². The van der Waals surface area contributed by atoms with E-state index in [0.717, 1.165) is 6.42 Å². The van der Waals surface area contributed by atoms with Crippen molar-refractivity contribution in [1.82, 2.24) is 0 Å². The van der Waals surface area contributed by atoms with E-state index in [9.17, 15) is 4.79 Å². The van der Waals surface area contributed by atoms with Crippen LogP contribution in [0.15, 0.2) is 30.3 Å². The van der Waals surface area contributed by atoms with Crippen molar-refractivity contribution in [3.8, 4) is 6.07 Å². The number of nitrogens with one attached hydrogen (secondary N) is 1. The van der Waals surface area contributed by atoms with Gasteiger partial charge >= 0.3 is 0 Å². The first-order valence-corrected chi connectivity index (χ1v) is 7.32. The van der Waals surface area contributed by atoms with E-state index < -0.39 is 0 Å². The van der Waals surface area contributed by atoms with Gasteiger partial charge in [0.2, 0.25) is 0 Å². The van der Waals surface area contributed by atoms with Crippen molar-refractivity contribution in [3.05, 3.63) is 51.2 Å². The van der Waals surface area contributed by atoms with E-state index in [1.54, 1.807) is 29.5 Å². The Morgan fingerprint density at radius 2 is 2.05 bits per heavy atom. The molecule has 2 rings (SSSR count). The zero-order valence-electron chi connectivity index (χ0n) is 11.6. The molecule has 0 aliphatic carbocycles. The Kier molecular flexibility index (Phi) is 4.54. The summed E-state index contributed by atoms with van der Waals surface area (Å²) in [5.74, 6) is 0.00179. The van der Waals surface area contributed by atoms with Crippen LogP contribution >= 0.6 is 11.3 Å². The number of nitriles is 1. The van der Waals surface area contributed by atoms with Gasteiger partial charge in [-0.1, -0.05) is 6.92 Å². The number of anilines is 1. The van der Waals surface area contributed by atoms with Gasteiger partial charge in [-0.15, -0.1) is 11.3 Å². The van der Waals surface area contributed by atoms with Crippen LogP contribution in [0.25, 0.3) is 0 Å². The smallest absolute Gasteiger partial charge is 0.159 e. The lowest BCUT2D eigenvalue weighted by atomic mass is 10.1. The number of carbonyl (C=O) groups excluding carboxylic acids is 1. The molecule has 2 aromatic rings. The summed E-state index contributed by atoms with van der Waals surface area (Å²) in [5, 5.41) is 12.4. The topological polar surface area (TPSA) is 52.9 Å². The molecule has 1 aromatic carbocycles. The number of Topliss-reactive ketones (excluding diaryl/α,β-unsaturated/α-hetero) is 1. The highest BCUT2D eigenvalue weighted by Gasteiger charge is 2.07. The number of rotatable bonds is 5. The minimum Gasteiger partial charge on any atom is -0.379 e. The van der Waals surface area contributed by atoms with Gasteiger partial charge in [-0.05, 0) is 43.7 Å². The number of hydrogen-bond acceptors (Lipinski definition) is 4. The molecule has 0 fully saturated rings. The summed E-state index contributed by atoms with van der Waals surface area (Å²) in [6.07, 6.45) is 1.04. The van der Waals surface area contributed by atoms with Crippen LogP contribution in [-0.4, -0.2) is 5.78 Å². The van der Waals surface area contributed by atoms with Crippen molar-refractivity contribution in [3.63, 3.8) is 0 Å². The van der Waals surface area contributed by atoms with E-state index in [-0.39, 0.29) is 5.78 Å². The maximum absolute atomic E-state index is 11.4. The lowest BCUT2D eigenvalue weighted by Gasteiger charge is -2.08. The highest BCUT2D eigenvalue weighted by Crippen LogP contribution is 2.21. The SMILES string of the molecule is CCc1ccc(CNc2cc(C(C)=O)ccc2C#N)s1. The molecule has 0 atom stereocenters. The molecule has 0 aliphatic heterocycles. The number of carbonyl (C=O) groups is 1. The fourth-order valence-corrected chi connectivity index (χ4v) is 2.79. The van der Waals surface area contributed by atoms with E-state index in [4.69, 9.17) is 5.26 Å². The van der Waals surface area contributed by atoms with Crippen LogP contribution in [0.2, 0.25) is 0 Å². The Hall–Kier alpha value is -2.12. The molecule has 0 saturated heterocycles. The highest BCUT2D eigenvalue weighted by atomic mass is 32.1. The molecule has 1 aromatic heterocycles. The fourth-order valence-electron chi connectivity index (χ4n) is 1.90. The first-order valence-electron chi connectivity index (χ1n) is 6.50. The summed E-state index contributed by atoms with van der Waals surface area (Å²) in [5.41, 5.74) is 1.89. The maximum atomic E-state index is 11.4. The third-order valence-corrected chi connectivity index (χ3v) is 4.29. The predicted molar refractivity (Wildman–Crippen MR) is 82.2 cm³/mol. The maximum Gasteiger partial charge on any atom is 0.159 e. The molecule has 0 unspecified atom stereocenters. The minimum atomic E-state index is 0.00179. The van der Waals surface area contributed by atoms with E-state index in [1.807, 2.05) is 0 Å². The molecule has 0 aliphatic rings. The molecule has 0 radical (unpaired) electrons. The summed E-state index contributed by atoms with van der Waals surface area (Å²) >= 11 is 1.76. The molecular weight excluding hydrogens is 268 g/mol. The number of ketones is 1. The van der Waals surface area contributed by atoms with Crippen molar-refractivity contribution in [2.45, 2.75) is 26.8 Å². The Morgan fingerprint density at radius 1 is 1.30 bits per heavy atom. The summed E-state index contributed by atoms with van der Waals surface area (Å²) in [6, 6.07) is 11.5. The molecule has 1 heterocycles. The predicted octanol–water partition coefficient (Wildman–Crippen LogP) is 4.00. The molecule has 3 nitrogen and oxygen atoms in total. The molecule has 0 amide bonds. The second-order valence-corrected chi connectivity index (χ2v) is 5.76. The monoisotopic (exact) mass is 284 g/mol. The molecule has 20 heavy (non-hydrogen) atoms. The van der Waals surface area contributed by atoms with Gasteiger partial charge in [-0.3, -0.25) is 4.79 Å². The van der Waals surface area contributed by atoms with Gasteiger partial charge in [-0.2, -0.15) is 5.26 Å². The van der Waals surface area contributed by atoms with Gasteiger partial charge in [-0.25, -0.2) is 0 Å². The summed E-state index contributed by atoms with van der Waals surface area (Å²) in [7, 11) is 0. The average molecular weight is 284 g/mol. The fraction of sp³-hybridized carbons (Fsp3) is 0.250. The molecule has 1 N–H and O–H groups in total. The van der Waals surface area contributed by atoms with Crippen molar-refractivity contribution in [2.24, 2.45) is 0 Å². The van der Waals surface area contributed by atoms with E-state index in [1.165, 1.54) is 16.7 Å². The molecule has 102 valence electrons. The first-order chi connectivity index (χ1) is 9.63. The van der Waals surface area contributed by atoms with E-state index in [2.05, 4.69) is 30.4 Å². The molecule has 4 heteroatoms. The van der Waals surface area contributed by atoms with Crippen LogP contribution in [0, 0.1) is 11.3 Å². The Bertz CT molecular complexity index is 667. The third kappa shape index (κ3) is 3.25. The van der Waals surface area contributed by atoms with Gasteiger partial charge < -0.3 is 5.32 Å². The second kappa shape index (κ2) is 6.36. The summed E-state index contributed by atoms with van der Waals surface area (Å²) < 4.78 is 0. The zero-order valence-corrected chi connectivity index (χ0v) is 12.4. The van der Waals surface area contributed by atoms with Gasteiger partial charge in [0.05, 0.1) is 11.3 Å². The van der Waals surface area contributed by atoms with Gasteiger partial charge in [0.15, 0.2) is 5.78 Å². The van der Waals surface area contributed by atoms with E-state index >= 15 is 0 Å². The second-order valence-electron chi connectivity index (χ2n) is 4.50. The highest BCUT2D eigenvalue weighted by molar-refractivity contribution is 7.12. The van der Waals surface area contributed by atoms with Crippen LogP contribution in [0.4, 0.5) is 5.69 Å². The molecular formula is C16H16N2OS. The lowest BCUT2D eigenvalue weighted by Crippen LogP contribution is -2.02. The number of nitrogens with zero attached hydrogens (tertiary/aromatic N) is 1. The van der Waals surface area contributed by atoms with Crippen molar-refractivity contribution in [1.29, 1.82) is 5.26 Å². The number of benzene rings is 1. The summed E-state index contributed by atoms with van der Waals surface area (Å²) in [6.45, 7) is 4.33. The van der Waals surface area contributed by atoms with E-state index in [0.29, 0.717) is 23.4 Å². The first kappa shape index (κ1) is 14.3. The van der Waals surface area contributed by atoms with Gasteiger partial charge in [0.25, 0.3) is 0 Å². The Morgan fingerprint density at radius 3 is 2.65 bits per heavy atom. The third-order valence-electron chi connectivity index (χ3n) is 3.07. The van der Waals surface area contributed by atoms with Crippen LogP contribution in [0.5, 0.6) is 0 Å². The largest absolute Gasteiger partial charge is 0.379 e. The normalized spacial score (nSPS) is 10.1. The van der Waals surface area contributed by atoms with Crippen molar-refractivity contribution < 1.29 is 4.79 Å². The molecule has 0 spiro atoms. The van der Waals surface area contributed by atoms with Crippen LogP contribution < -0.4 is 5.32 Å². The van der Waals surface area contributed by atoms with Crippen LogP contribution in [0.3, 0.4) is 0 Å². The molecule has 0 bridgehead atoms. The average Bonchev–Trinajstić information content (AvgIpc) is 2.92. The zero-order chi connectivity index (χ0) is 14.5. The van der Waals surface area contributed by atoms with Crippen LogP contribution in [-0.2, 0) is 13.0 Å². The number of hydrogen-bond donors (Lipinski definition) is 1. The standard InChI is InChI=1S/C16H16N2OS/c1-3-14-6-7-15(20-14)10-18-16-8-12(11(2)19)4-5-13(16)9-17/h4-8,18H,3,10H2,1-2H3.